The molecule has 0 spiro atoms. The molecule has 2 aromatic carbocycles. The van der Waals surface area contributed by atoms with Gasteiger partial charge in [0.1, 0.15) is 0 Å². The van der Waals surface area contributed by atoms with Crippen molar-refractivity contribution in [1.29, 1.82) is 0 Å². The lowest BCUT2D eigenvalue weighted by molar-refractivity contribution is -0.120. The zero-order chi connectivity index (χ0) is 18.8. The van der Waals surface area contributed by atoms with Gasteiger partial charge < -0.3 is 9.88 Å². The van der Waals surface area contributed by atoms with Crippen LogP contribution in [0.2, 0.25) is 0 Å². The number of carbonyl (C=O) groups excluding carboxylic acids is 1. The number of para-hydroxylation sites is 2. The van der Waals surface area contributed by atoms with Crippen LogP contribution in [0.5, 0.6) is 0 Å². The summed E-state index contributed by atoms with van der Waals surface area (Å²) in [4.78, 5) is 17.6. The fourth-order valence-electron chi connectivity index (χ4n) is 3.87. The minimum atomic E-state index is 0.0352. The fraction of sp³-hybridized carbons (Fsp3) is 0.364. The summed E-state index contributed by atoms with van der Waals surface area (Å²) >= 11 is 0. The molecule has 4 rings (SSSR count). The van der Waals surface area contributed by atoms with Crippen LogP contribution in [0.3, 0.4) is 0 Å². The smallest absolute Gasteiger partial charge is 0.229 e. The predicted molar refractivity (Wildman–Crippen MR) is 109 cm³/mol. The Labute approximate surface area is 159 Å². The maximum atomic E-state index is 12.9. The van der Waals surface area contributed by atoms with Crippen molar-refractivity contribution in [1.82, 2.24) is 14.9 Å². The molecule has 0 radical (unpaired) electrons. The number of hydrogen-bond donors (Lipinski definition) is 2. The van der Waals surface area contributed by atoms with Crippen molar-refractivity contribution in [2.24, 2.45) is 5.92 Å². The number of anilines is 1. The van der Waals surface area contributed by atoms with E-state index in [-0.39, 0.29) is 11.8 Å². The van der Waals surface area contributed by atoms with Crippen molar-refractivity contribution in [2.45, 2.75) is 39.3 Å². The van der Waals surface area contributed by atoms with Gasteiger partial charge in [-0.05, 0) is 56.5 Å². The molecular weight excluding hydrogens is 336 g/mol. The van der Waals surface area contributed by atoms with E-state index in [0.29, 0.717) is 18.5 Å². The van der Waals surface area contributed by atoms with Crippen molar-refractivity contribution in [2.75, 3.05) is 11.9 Å². The van der Waals surface area contributed by atoms with Gasteiger partial charge in [0.05, 0.1) is 17.6 Å². The van der Waals surface area contributed by atoms with Crippen LogP contribution in [0.25, 0.3) is 11.0 Å². The van der Waals surface area contributed by atoms with Gasteiger partial charge >= 0.3 is 0 Å². The molecule has 2 heterocycles. The first kappa shape index (κ1) is 17.7. The lowest BCUT2D eigenvalue weighted by Gasteiger charge is -2.27. The van der Waals surface area contributed by atoms with E-state index >= 15 is 0 Å². The van der Waals surface area contributed by atoms with Crippen molar-refractivity contribution in [3.8, 4) is 0 Å². The van der Waals surface area contributed by atoms with E-state index in [9.17, 15) is 4.79 Å². The summed E-state index contributed by atoms with van der Waals surface area (Å²) in [6, 6.07) is 16.8. The first-order valence-corrected chi connectivity index (χ1v) is 9.66. The van der Waals surface area contributed by atoms with Gasteiger partial charge in [0.2, 0.25) is 11.9 Å². The summed E-state index contributed by atoms with van der Waals surface area (Å²) in [6.07, 6.45) is 1.73. The third kappa shape index (κ3) is 3.74. The summed E-state index contributed by atoms with van der Waals surface area (Å²) in [7, 11) is 0. The van der Waals surface area contributed by atoms with Crippen LogP contribution >= 0.6 is 0 Å². The number of benzene rings is 2. The lowest BCUT2D eigenvalue weighted by atomic mass is 9.92. The topological polar surface area (TPSA) is 59.0 Å². The van der Waals surface area contributed by atoms with Crippen LogP contribution in [0, 0.1) is 12.8 Å². The Bertz CT molecular complexity index is 962. The number of nitrogens with one attached hydrogen (secondary N) is 2. The molecule has 140 valence electrons. The van der Waals surface area contributed by atoms with E-state index in [0.717, 1.165) is 30.4 Å². The van der Waals surface area contributed by atoms with Crippen LogP contribution < -0.4 is 10.6 Å². The number of aryl methyl sites for hydroxylation is 1. The molecule has 5 nitrogen and oxygen atoms in total. The Balaban J connectivity index is 1.66. The first-order valence-electron chi connectivity index (χ1n) is 9.66. The Morgan fingerprint density at radius 3 is 2.81 bits per heavy atom. The molecule has 1 amide bonds. The third-order valence-corrected chi connectivity index (χ3v) is 5.47. The van der Waals surface area contributed by atoms with E-state index in [1.807, 2.05) is 24.3 Å². The zero-order valence-electron chi connectivity index (χ0n) is 15.9. The molecule has 1 aliphatic heterocycles. The largest absolute Gasteiger partial charge is 0.314 e. The molecule has 1 aromatic heterocycles. The van der Waals surface area contributed by atoms with Gasteiger partial charge in [0.15, 0.2) is 0 Å². The lowest BCUT2D eigenvalue weighted by Crippen LogP contribution is -2.40. The number of nitrogens with zero attached hydrogens (tertiary/aromatic N) is 2. The van der Waals surface area contributed by atoms with E-state index in [1.165, 1.54) is 11.1 Å². The van der Waals surface area contributed by atoms with Crippen LogP contribution in [0.1, 0.15) is 30.9 Å². The molecule has 1 saturated heterocycles. The summed E-state index contributed by atoms with van der Waals surface area (Å²) in [5.41, 5.74) is 4.40. The average molecular weight is 362 g/mol. The number of imidazole rings is 1. The van der Waals surface area contributed by atoms with E-state index in [1.54, 1.807) is 0 Å². The monoisotopic (exact) mass is 362 g/mol. The predicted octanol–water partition coefficient (Wildman–Crippen LogP) is 3.72. The summed E-state index contributed by atoms with van der Waals surface area (Å²) < 4.78 is 2.11. The number of carbonyl (C=O) groups is 1. The highest BCUT2D eigenvalue weighted by molar-refractivity contribution is 5.93. The highest BCUT2D eigenvalue weighted by Crippen LogP contribution is 2.24. The Hall–Kier alpha value is -2.66. The average Bonchev–Trinajstić information content (AvgIpc) is 3.01. The highest BCUT2D eigenvalue weighted by Gasteiger charge is 2.26. The van der Waals surface area contributed by atoms with Gasteiger partial charge in [-0.3, -0.25) is 10.1 Å². The number of aromatic nitrogens is 2. The SMILES string of the molecule is Cc1ccccc1Cn1c(NC(=O)[C@H]2CCN[C@@H](C)C2)nc2ccccc21. The zero-order valence-corrected chi connectivity index (χ0v) is 15.9. The van der Waals surface area contributed by atoms with Gasteiger partial charge in [-0.15, -0.1) is 0 Å². The molecule has 0 unspecified atom stereocenters. The Kier molecular flexibility index (Phi) is 4.94. The number of fused-ring (bicyclic) bond motifs is 1. The van der Waals surface area contributed by atoms with Gasteiger partial charge in [0, 0.05) is 12.0 Å². The van der Waals surface area contributed by atoms with Crippen LogP contribution in [-0.4, -0.2) is 28.0 Å². The van der Waals surface area contributed by atoms with Crippen molar-refractivity contribution >= 4 is 22.9 Å². The molecule has 27 heavy (non-hydrogen) atoms. The van der Waals surface area contributed by atoms with Crippen LogP contribution in [-0.2, 0) is 11.3 Å². The molecule has 2 atom stereocenters. The minimum Gasteiger partial charge on any atom is -0.314 e. The van der Waals surface area contributed by atoms with Gasteiger partial charge in [0.25, 0.3) is 0 Å². The number of amides is 1. The van der Waals surface area contributed by atoms with Gasteiger partial charge in [-0.2, -0.15) is 0 Å². The molecule has 5 heteroatoms. The molecule has 3 aromatic rings. The van der Waals surface area contributed by atoms with E-state index in [4.69, 9.17) is 4.98 Å². The standard InChI is InChI=1S/C22H26N4O/c1-15-7-3-4-8-18(15)14-26-20-10-6-5-9-19(20)24-22(26)25-21(27)17-11-12-23-16(2)13-17/h3-10,16-17,23H,11-14H2,1-2H3,(H,24,25,27)/t16-,17-/m0/s1. The molecule has 1 aliphatic rings. The molecule has 2 N–H and O–H groups in total. The van der Waals surface area contributed by atoms with Crippen LogP contribution in [0.15, 0.2) is 48.5 Å². The maximum Gasteiger partial charge on any atom is 0.229 e. The number of piperidine rings is 1. The summed E-state index contributed by atoms with van der Waals surface area (Å²) in [5.74, 6) is 0.744. The minimum absolute atomic E-state index is 0.0352. The van der Waals surface area contributed by atoms with Gasteiger partial charge in [-0.25, -0.2) is 4.98 Å². The molecule has 0 aliphatic carbocycles. The molecule has 1 fully saturated rings. The normalized spacial score (nSPS) is 19.9. The molecular formula is C22H26N4O. The number of rotatable bonds is 4. The van der Waals surface area contributed by atoms with Crippen molar-refractivity contribution in [3.63, 3.8) is 0 Å². The summed E-state index contributed by atoms with van der Waals surface area (Å²) in [6.45, 7) is 5.82. The quantitative estimate of drug-likeness (QED) is 0.744. The van der Waals surface area contributed by atoms with E-state index in [2.05, 4.69) is 53.3 Å². The Morgan fingerprint density at radius 1 is 1.22 bits per heavy atom. The van der Waals surface area contributed by atoms with E-state index < -0.39 is 0 Å². The van der Waals surface area contributed by atoms with Gasteiger partial charge in [-0.1, -0.05) is 36.4 Å². The van der Waals surface area contributed by atoms with Crippen LogP contribution in [0.4, 0.5) is 5.95 Å². The summed E-state index contributed by atoms with van der Waals surface area (Å²) in [5, 5.41) is 6.52. The Morgan fingerprint density at radius 2 is 2.00 bits per heavy atom. The second-order valence-electron chi connectivity index (χ2n) is 7.50. The maximum absolute atomic E-state index is 12.9. The third-order valence-electron chi connectivity index (χ3n) is 5.47. The molecule has 0 saturated carbocycles. The van der Waals surface area contributed by atoms with Crippen molar-refractivity contribution in [3.05, 3.63) is 59.7 Å². The fourth-order valence-corrected chi connectivity index (χ4v) is 3.87. The second-order valence-corrected chi connectivity index (χ2v) is 7.50. The number of hydrogen-bond acceptors (Lipinski definition) is 3. The molecule has 0 bridgehead atoms. The first-order chi connectivity index (χ1) is 13.1. The second kappa shape index (κ2) is 7.53. The van der Waals surface area contributed by atoms with Crippen molar-refractivity contribution < 1.29 is 4.79 Å². The highest BCUT2D eigenvalue weighted by atomic mass is 16.2.